The summed E-state index contributed by atoms with van der Waals surface area (Å²) < 4.78 is 0. The van der Waals surface area contributed by atoms with Crippen molar-refractivity contribution < 1.29 is 14.7 Å². The maximum Gasteiger partial charge on any atom is 0.326 e. The fourth-order valence-electron chi connectivity index (χ4n) is 2.13. The zero-order valence-corrected chi connectivity index (χ0v) is 12.8. The van der Waals surface area contributed by atoms with Crippen LogP contribution in [0.2, 0.25) is 0 Å². The van der Waals surface area contributed by atoms with E-state index in [0.29, 0.717) is 19.0 Å². The largest absolute Gasteiger partial charge is 0.480 e. The number of likely N-dealkylation sites (N-methyl/N-ethyl adjacent to an activating group) is 1. The first-order valence-corrected chi connectivity index (χ1v) is 7.30. The number of rotatable bonds is 8. The third-order valence-electron chi connectivity index (χ3n) is 3.69. The Morgan fingerprint density at radius 2 is 1.90 bits per heavy atom. The molecule has 20 heavy (non-hydrogen) atoms. The Morgan fingerprint density at radius 3 is 2.35 bits per heavy atom. The predicted octanol–water partition coefficient (Wildman–Crippen LogP) is 1.27. The van der Waals surface area contributed by atoms with Crippen LogP contribution in [0.3, 0.4) is 0 Å². The van der Waals surface area contributed by atoms with Gasteiger partial charge < -0.3 is 15.7 Å². The van der Waals surface area contributed by atoms with E-state index in [1.54, 1.807) is 0 Å². The van der Waals surface area contributed by atoms with Crippen LogP contribution in [0.15, 0.2) is 0 Å². The normalized spacial score (nSPS) is 17.9. The minimum Gasteiger partial charge on any atom is -0.480 e. The van der Waals surface area contributed by atoms with Gasteiger partial charge in [0.25, 0.3) is 0 Å². The number of carbonyl (C=O) groups is 2. The minimum atomic E-state index is -0.989. The Kier molecular flexibility index (Phi) is 6.26. The molecule has 0 heterocycles. The van der Waals surface area contributed by atoms with E-state index in [1.807, 2.05) is 13.8 Å². The third kappa shape index (κ3) is 5.77. The van der Waals surface area contributed by atoms with Crippen LogP contribution in [0, 0.1) is 5.92 Å². The fraction of sp³-hybridized carbons (Fsp3) is 0.857. The van der Waals surface area contributed by atoms with Crippen LogP contribution in [0.4, 0.5) is 4.79 Å². The minimum absolute atomic E-state index is 0.219. The number of nitrogens with one attached hydrogen (secondary N) is 2. The van der Waals surface area contributed by atoms with Gasteiger partial charge in [0.15, 0.2) is 0 Å². The number of carboxylic acid groups (broad SMARTS) is 1. The average Bonchev–Trinajstić information content (AvgIpc) is 3.17. The molecule has 0 aliphatic heterocycles. The number of hydrogen-bond donors (Lipinski definition) is 3. The van der Waals surface area contributed by atoms with Gasteiger partial charge in [-0.15, -0.1) is 0 Å². The summed E-state index contributed by atoms with van der Waals surface area (Å²) in [6.45, 7) is 6.44. The highest BCUT2D eigenvalue weighted by Crippen LogP contribution is 2.26. The van der Waals surface area contributed by atoms with Gasteiger partial charge in [0.2, 0.25) is 0 Å². The molecule has 0 aromatic carbocycles. The molecule has 2 atom stereocenters. The Balaban J connectivity index is 2.31. The summed E-state index contributed by atoms with van der Waals surface area (Å²) in [4.78, 5) is 25.1. The molecule has 1 aliphatic carbocycles. The second-order valence-electron chi connectivity index (χ2n) is 6.12. The van der Waals surface area contributed by atoms with Crippen LogP contribution in [-0.2, 0) is 4.79 Å². The second-order valence-corrected chi connectivity index (χ2v) is 6.12. The van der Waals surface area contributed by atoms with E-state index in [9.17, 15) is 9.59 Å². The van der Waals surface area contributed by atoms with Crippen LogP contribution < -0.4 is 10.6 Å². The molecule has 0 aromatic heterocycles. The molecular formula is C14H27N3O3. The highest BCUT2D eigenvalue weighted by Gasteiger charge is 2.29. The fourth-order valence-corrected chi connectivity index (χ4v) is 2.13. The van der Waals surface area contributed by atoms with Gasteiger partial charge in [-0.25, -0.2) is 9.59 Å². The number of carbonyl (C=O) groups excluding carboxylic acids is 1. The molecule has 2 unspecified atom stereocenters. The van der Waals surface area contributed by atoms with Crippen LogP contribution >= 0.6 is 0 Å². The molecule has 1 rings (SSSR count). The number of carboxylic acids is 1. The van der Waals surface area contributed by atoms with Crippen molar-refractivity contribution in [2.45, 2.75) is 58.2 Å². The zero-order chi connectivity index (χ0) is 15.3. The Hall–Kier alpha value is -1.30. The van der Waals surface area contributed by atoms with Crippen molar-refractivity contribution in [1.82, 2.24) is 15.5 Å². The summed E-state index contributed by atoms with van der Waals surface area (Å²) in [6.07, 6.45) is 2.88. The van der Waals surface area contributed by atoms with Gasteiger partial charge in [-0.1, -0.05) is 13.8 Å². The van der Waals surface area contributed by atoms with E-state index < -0.39 is 18.0 Å². The van der Waals surface area contributed by atoms with E-state index in [1.165, 1.54) is 12.8 Å². The van der Waals surface area contributed by atoms with Crippen LogP contribution in [-0.4, -0.2) is 53.7 Å². The van der Waals surface area contributed by atoms with Gasteiger partial charge in [0.05, 0.1) is 0 Å². The molecule has 0 aromatic rings. The molecule has 0 saturated heterocycles. The van der Waals surface area contributed by atoms with Gasteiger partial charge in [-0.2, -0.15) is 0 Å². The molecule has 6 nitrogen and oxygen atoms in total. The van der Waals surface area contributed by atoms with E-state index in [-0.39, 0.29) is 12.0 Å². The van der Waals surface area contributed by atoms with Crippen molar-refractivity contribution >= 4 is 12.0 Å². The number of amides is 2. The van der Waals surface area contributed by atoms with E-state index in [0.717, 1.165) is 0 Å². The summed E-state index contributed by atoms with van der Waals surface area (Å²) in [5, 5.41) is 14.3. The molecule has 116 valence electrons. The molecule has 0 spiro atoms. The summed E-state index contributed by atoms with van der Waals surface area (Å²) in [6, 6.07) is -0.343. The first-order chi connectivity index (χ1) is 9.31. The maximum atomic E-state index is 11.7. The van der Waals surface area contributed by atoms with Crippen LogP contribution in [0.25, 0.3) is 0 Å². The van der Waals surface area contributed by atoms with Crippen molar-refractivity contribution in [3.8, 4) is 0 Å². The lowest BCUT2D eigenvalue weighted by atomic mass is 10.0. The summed E-state index contributed by atoms with van der Waals surface area (Å²) >= 11 is 0. The highest BCUT2D eigenvalue weighted by atomic mass is 16.4. The number of urea groups is 1. The van der Waals surface area contributed by atoms with Gasteiger partial charge in [-0.3, -0.25) is 4.90 Å². The Morgan fingerprint density at radius 1 is 1.30 bits per heavy atom. The number of nitrogens with zero attached hydrogens (tertiary/aromatic N) is 1. The zero-order valence-electron chi connectivity index (χ0n) is 12.8. The van der Waals surface area contributed by atoms with Crippen molar-refractivity contribution in [1.29, 1.82) is 0 Å². The van der Waals surface area contributed by atoms with Crippen LogP contribution in [0.1, 0.15) is 40.0 Å². The topological polar surface area (TPSA) is 81.7 Å². The molecule has 1 aliphatic rings. The first-order valence-electron chi connectivity index (χ1n) is 7.30. The highest BCUT2D eigenvalue weighted by molar-refractivity contribution is 5.82. The second kappa shape index (κ2) is 7.47. The molecule has 3 N–H and O–H groups in total. The third-order valence-corrected chi connectivity index (χ3v) is 3.69. The van der Waals surface area contributed by atoms with Gasteiger partial charge in [-0.05, 0) is 39.2 Å². The van der Waals surface area contributed by atoms with Gasteiger partial charge in [0, 0.05) is 18.6 Å². The molecular weight excluding hydrogens is 258 g/mol. The van der Waals surface area contributed by atoms with E-state index >= 15 is 0 Å². The number of hydrogen-bond acceptors (Lipinski definition) is 3. The average molecular weight is 285 g/mol. The molecule has 0 radical (unpaired) electrons. The predicted molar refractivity (Wildman–Crippen MR) is 77.7 cm³/mol. The SMILES string of the molecule is CC(C)CC(NC(=O)NCC(C)N(C)C1CC1)C(=O)O. The van der Waals surface area contributed by atoms with Crippen molar-refractivity contribution in [2.24, 2.45) is 5.92 Å². The van der Waals surface area contributed by atoms with Crippen molar-refractivity contribution in [3.63, 3.8) is 0 Å². The van der Waals surface area contributed by atoms with Crippen LogP contribution in [0.5, 0.6) is 0 Å². The molecule has 1 fully saturated rings. The Bertz CT molecular complexity index is 343. The molecule has 6 heteroatoms. The lowest BCUT2D eigenvalue weighted by Gasteiger charge is -2.25. The van der Waals surface area contributed by atoms with Crippen molar-refractivity contribution in [2.75, 3.05) is 13.6 Å². The maximum absolute atomic E-state index is 11.7. The lowest BCUT2D eigenvalue weighted by molar-refractivity contribution is -0.139. The first kappa shape index (κ1) is 16.8. The number of aliphatic carboxylic acids is 1. The molecule has 0 bridgehead atoms. The summed E-state index contributed by atoms with van der Waals surface area (Å²) in [5.41, 5.74) is 0. The molecule has 2 amide bonds. The molecule has 1 saturated carbocycles. The van der Waals surface area contributed by atoms with Gasteiger partial charge >= 0.3 is 12.0 Å². The summed E-state index contributed by atoms with van der Waals surface area (Å²) in [5.74, 6) is -0.770. The van der Waals surface area contributed by atoms with Crippen molar-refractivity contribution in [3.05, 3.63) is 0 Å². The monoisotopic (exact) mass is 285 g/mol. The summed E-state index contributed by atoms with van der Waals surface area (Å²) in [7, 11) is 2.06. The smallest absolute Gasteiger partial charge is 0.326 e. The van der Waals surface area contributed by atoms with E-state index in [4.69, 9.17) is 5.11 Å². The standard InChI is InChI=1S/C14H27N3O3/c1-9(2)7-12(13(18)19)16-14(20)15-8-10(3)17(4)11-5-6-11/h9-12H,5-8H2,1-4H3,(H,18,19)(H2,15,16,20). The Labute approximate surface area is 120 Å². The van der Waals surface area contributed by atoms with Gasteiger partial charge in [0.1, 0.15) is 6.04 Å². The lowest BCUT2D eigenvalue weighted by Crippen LogP contribution is -2.49. The van der Waals surface area contributed by atoms with E-state index in [2.05, 4.69) is 29.5 Å². The quantitative estimate of drug-likeness (QED) is 0.627.